The van der Waals surface area contributed by atoms with Crippen LogP contribution >= 0.6 is 0 Å². The predicted molar refractivity (Wildman–Crippen MR) is 119 cm³/mol. The van der Waals surface area contributed by atoms with E-state index in [2.05, 4.69) is 41.7 Å². The molecule has 2 bridgehead atoms. The van der Waals surface area contributed by atoms with Crippen LogP contribution in [0.25, 0.3) is 0 Å². The van der Waals surface area contributed by atoms with E-state index < -0.39 is 0 Å². The second-order valence-electron chi connectivity index (χ2n) is 8.65. The fraction of sp³-hybridized carbons (Fsp3) is 0.652. The van der Waals surface area contributed by atoms with Crippen molar-refractivity contribution in [2.24, 2.45) is 35.7 Å². The van der Waals surface area contributed by atoms with Gasteiger partial charge in [-0.05, 0) is 38.0 Å². The third-order valence-electron chi connectivity index (χ3n) is 6.96. The van der Waals surface area contributed by atoms with Gasteiger partial charge in [-0.25, -0.2) is 4.99 Å². The molecular weight excluding hydrogens is 392 g/mol. The number of aromatic nitrogens is 2. The highest BCUT2D eigenvalue weighted by Gasteiger charge is 2.58. The van der Waals surface area contributed by atoms with Crippen LogP contribution in [0.1, 0.15) is 44.1 Å². The quantitative estimate of drug-likeness (QED) is 0.284. The summed E-state index contributed by atoms with van der Waals surface area (Å²) in [4.78, 5) is 31.9. The number of amides is 2. The number of hydrogen-bond acceptors (Lipinski definition) is 4. The molecule has 2 heterocycles. The number of aliphatic imine (C=N–C) groups is 1. The first-order valence-electron chi connectivity index (χ1n) is 11.6. The molecule has 31 heavy (non-hydrogen) atoms. The number of nitrogens with zero attached hydrogens (tertiary/aromatic N) is 4. The lowest BCUT2D eigenvalue weighted by atomic mass is 9.85. The van der Waals surface area contributed by atoms with Crippen LogP contribution in [0.3, 0.4) is 0 Å². The van der Waals surface area contributed by atoms with E-state index in [1.165, 1.54) is 16.2 Å². The zero-order valence-electron chi connectivity index (χ0n) is 19.0. The Hall–Kier alpha value is -2.64. The smallest absolute Gasteiger partial charge is 0.233 e. The Morgan fingerprint density at radius 1 is 1.10 bits per heavy atom. The summed E-state index contributed by atoms with van der Waals surface area (Å²) >= 11 is 0. The standard InChI is InChI=1S/C23H34N6O2/c1-5-17-16(18(6-2)28(4)27-17)13-26-23(24-7-3)25-10-11-29-21(30)19-14-8-9-15(12-14)20(19)22(29)31/h8-9,14-15,19-20H,5-7,10-13H2,1-4H3,(H2,24,25,26). The Bertz CT molecular complexity index is 887. The average Bonchev–Trinajstić information content (AvgIpc) is 3.50. The van der Waals surface area contributed by atoms with Gasteiger partial charge < -0.3 is 10.6 Å². The van der Waals surface area contributed by atoms with Gasteiger partial charge in [0, 0.05) is 37.9 Å². The van der Waals surface area contributed by atoms with Crippen molar-refractivity contribution in [3.63, 3.8) is 0 Å². The molecule has 1 aliphatic heterocycles. The van der Waals surface area contributed by atoms with E-state index in [1.54, 1.807) is 0 Å². The molecule has 8 nitrogen and oxygen atoms in total. The molecule has 3 aliphatic rings. The van der Waals surface area contributed by atoms with Crippen LogP contribution in [-0.2, 0) is 36.0 Å². The normalized spacial score (nSPS) is 26.8. The van der Waals surface area contributed by atoms with Gasteiger partial charge in [-0.1, -0.05) is 26.0 Å². The fourth-order valence-electron chi connectivity index (χ4n) is 5.54. The van der Waals surface area contributed by atoms with E-state index in [0.29, 0.717) is 25.6 Å². The number of allylic oxidation sites excluding steroid dienone is 2. The summed E-state index contributed by atoms with van der Waals surface area (Å²) in [5.41, 5.74) is 3.48. The van der Waals surface area contributed by atoms with Gasteiger partial charge in [0.25, 0.3) is 0 Å². The van der Waals surface area contributed by atoms with Crippen molar-refractivity contribution in [3.05, 3.63) is 29.1 Å². The first-order chi connectivity index (χ1) is 15.0. The maximum atomic E-state index is 12.8. The molecule has 0 radical (unpaired) electrons. The number of carbonyl (C=O) groups excluding carboxylic acids is 2. The molecule has 1 aromatic rings. The van der Waals surface area contributed by atoms with E-state index in [-0.39, 0.29) is 35.5 Å². The minimum absolute atomic E-state index is 0.00567. The van der Waals surface area contributed by atoms with Crippen molar-refractivity contribution < 1.29 is 9.59 Å². The van der Waals surface area contributed by atoms with Gasteiger partial charge in [-0.15, -0.1) is 0 Å². The van der Waals surface area contributed by atoms with Crippen molar-refractivity contribution in [2.75, 3.05) is 19.6 Å². The van der Waals surface area contributed by atoms with E-state index in [4.69, 9.17) is 4.99 Å². The summed E-state index contributed by atoms with van der Waals surface area (Å²) in [6, 6.07) is 0. The second kappa shape index (κ2) is 8.85. The Morgan fingerprint density at radius 2 is 1.77 bits per heavy atom. The molecule has 168 valence electrons. The minimum atomic E-state index is -0.130. The highest BCUT2D eigenvalue weighted by Crippen LogP contribution is 2.52. The van der Waals surface area contributed by atoms with Gasteiger partial charge in [0.05, 0.1) is 24.1 Å². The highest BCUT2D eigenvalue weighted by atomic mass is 16.2. The van der Waals surface area contributed by atoms with Crippen LogP contribution in [0.5, 0.6) is 0 Å². The molecule has 1 aromatic heterocycles. The Kier molecular flexibility index (Phi) is 6.16. The summed E-state index contributed by atoms with van der Waals surface area (Å²) in [5.74, 6) is 0.949. The Labute approximate surface area is 184 Å². The molecule has 8 heteroatoms. The topological polar surface area (TPSA) is 91.6 Å². The largest absolute Gasteiger partial charge is 0.357 e. The number of carbonyl (C=O) groups is 2. The van der Waals surface area contributed by atoms with Gasteiger partial charge in [0.15, 0.2) is 5.96 Å². The number of aryl methyl sites for hydroxylation is 2. The van der Waals surface area contributed by atoms with E-state index >= 15 is 0 Å². The molecule has 1 saturated carbocycles. The van der Waals surface area contributed by atoms with E-state index in [0.717, 1.165) is 31.5 Å². The molecular formula is C23H34N6O2. The number of rotatable bonds is 8. The summed E-state index contributed by atoms with van der Waals surface area (Å²) in [6.45, 7) is 8.42. The van der Waals surface area contributed by atoms with Crippen molar-refractivity contribution in [3.8, 4) is 0 Å². The molecule has 2 fully saturated rings. The highest BCUT2D eigenvalue weighted by molar-refractivity contribution is 6.06. The molecule has 0 spiro atoms. The lowest BCUT2D eigenvalue weighted by Gasteiger charge is -2.18. The zero-order valence-corrected chi connectivity index (χ0v) is 19.0. The van der Waals surface area contributed by atoms with Crippen LogP contribution in [0.15, 0.2) is 17.1 Å². The number of hydrogen-bond donors (Lipinski definition) is 2. The van der Waals surface area contributed by atoms with Gasteiger partial charge in [0.1, 0.15) is 0 Å². The van der Waals surface area contributed by atoms with Gasteiger partial charge >= 0.3 is 0 Å². The number of imide groups is 1. The Balaban J connectivity index is 1.38. The summed E-state index contributed by atoms with van der Waals surface area (Å²) in [5, 5.41) is 11.2. The first-order valence-corrected chi connectivity index (χ1v) is 11.6. The predicted octanol–water partition coefficient (Wildman–Crippen LogP) is 1.41. The van der Waals surface area contributed by atoms with Crippen LogP contribution in [0, 0.1) is 23.7 Å². The molecule has 4 atom stereocenters. The molecule has 2 amide bonds. The third-order valence-corrected chi connectivity index (χ3v) is 6.96. The van der Waals surface area contributed by atoms with Gasteiger partial charge in [-0.2, -0.15) is 5.10 Å². The van der Waals surface area contributed by atoms with Crippen LogP contribution < -0.4 is 10.6 Å². The summed E-state index contributed by atoms with van der Waals surface area (Å²) in [7, 11) is 1.98. The van der Waals surface area contributed by atoms with Crippen molar-refractivity contribution >= 4 is 17.8 Å². The van der Waals surface area contributed by atoms with Gasteiger partial charge in [-0.3, -0.25) is 19.2 Å². The number of fused-ring (bicyclic) bond motifs is 5. The third kappa shape index (κ3) is 3.77. The number of guanidine groups is 1. The average molecular weight is 427 g/mol. The molecule has 2 N–H and O–H groups in total. The maximum Gasteiger partial charge on any atom is 0.233 e. The van der Waals surface area contributed by atoms with E-state index in [1.807, 2.05) is 18.7 Å². The minimum Gasteiger partial charge on any atom is -0.357 e. The van der Waals surface area contributed by atoms with Crippen LogP contribution in [0.2, 0.25) is 0 Å². The van der Waals surface area contributed by atoms with Crippen LogP contribution in [0.4, 0.5) is 0 Å². The Morgan fingerprint density at radius 3 is 2.35 bits per heavy atom. The van der Waals surface area contributed by atoms with Crippen LogP contribution in [-0.4, -0.2) is 52.1 Å². The first kappa shape index (κ1) is 21.6. The summed E-state index contributed by atoms with van der Waals surface area (Å²) in [6.07, 6.45) is 7.01. The monoisotopic (exact) mass is 426 g/mol. The fourth-order valence-corrected chi connectivity index (χ4v) is 5.54. The van der Waals surface area contributed by atoms with Crippen molar-refractivity contribution in [1.82, 2.24) is 25.3 Å². The number of likely N-dealkylation sites (tertiary alicyclic amines) is 1. The SMILES string of the molecule is CCNC(=NCc1c(CC)nn(C)c1CC)NCCN1C(=O)C2C3C=CC(C3)C2C1=O. The van der Waals surface area contributed by atoms with Crippen molar-refractivity contribution in [1.29, 1.82) is 0 Å². The van der Waals surface area contributed by atoms with Crippen molar-refractivity contribution in [2.45, 2.75) is 46.6 Å². The maximum absolute atomic E-state index is 12.8. The summed E-state index contributed by atoms with van der Waals surface area (Å²) < 4.78 is 1.95. The molecule has 2 aliphatic carbocycles. The van der Waals surface area contributed by atoms with Gasteiger partial charge in [0.2, 0.25) is 11.8 Å². The molecule has 1 saturated heterocycles. The zero-order chi connectivity index (χ0) is 22.1. The molecule has 4 unspecified atom stereocenters. The van der Waals surface area contributed by atoms with E-state index in [9.17, 15) is 9.59 Å². The lowest BCUT2D eigenvalue weighted by Crippen LogP contribution is -2.43. The second-order valence-corrected chi connectivity index (χ2v) is 8.65. The molecule has 0 aromatic carbocycles. The lowest BCUT2D eigenvalue weighted by molar-refractivity contribution is -0.140. The number of nitrogens with one attached hydrogen (secondary N) is 2. The molecule has 4 rings (SSSR count).